The van der Waals surface area contributed by atoms with Crippen LogP contribution in [0.5, 0.6) is 5.75 Å². The molecule has 3 aromatic rings. The molecule has 2 atom stereocenters. The van der Waals surface area contributed by atoms with Crippen LogP contribution in [0.3, 0.4) is 0 Å². The second-order valence-corrected chi connectivity index (χ2v) is 11.2. The van der Waals surface area contributed by atoms with Crippen LogP contribution in [0.15, 0.2) is 55.4 Å². The summed E-state index contributed by atoms with van der Waals surface area (Å²) in [6.45, 7) is 6.28. The van der Waals surface area contributed by atoms with Crippen LogP contribution in [0, 0.1) is 11.7 Å². The maximum Gasteiger partial charge on any atom is 0.419 e. The fourth-order valence-electron chi connectivity index (χ4n) is 5.78. The molecule has 3 heterocycles. The van der Waals surface area contributed by atoms with Crippen molar-refractivity contribution in [1.82, 2.24) is 14.9 Å². The van der Waals surface area contributed by atoms with E-state index in [-0.39, 0.29) is 30.3 Å². The molecule has 10 nitrogen and oxygen atoms in total. The van der Waals surface area contributed by atoms with Gasteiger partial charge in [0.1, 0.15) is 23.7 Å². The maximum atomic E-state index is 15.0. The highest BCUT2D eigenvalue weighted by Gasteiger charge is 2.38. The first kappa shape index (κ1) is 32.0. The fourth-order valence-corrected chi connectivity index (χ4v) is 5.78. The molecule has 240 valence electrons. The molecule has 45 heavy (non-hydrogen) atoms. The first-order valence-corrected chi connectivity index (χ1v) is 14.4. The van der Waals surface area contributed by atoms with E-state index in [4.69, 9.17) is 9.57 Å². The average Bonchev–Trinajstić information content (AvgIpc) is 3.67. The van der Waals surface area contributed by atoms with E-state index in [1.807, 2.05) is 20.2 Å². The summed E-state index contributed by atoms with van der Waals surface area (Å²) in [6, 6.07) is 7.47. The minimum absolute atomic E-state index is 0.148. The fraction of sp³-hybridized carbons (Fsp3) is 0.387. The molecular formula is C31H35F4N7O3. The number of carbonyl (C=O) groups is 1. The van der Waals surface area contributed by atoms with Crippen molar-refractivity contribution in [2.24, 2.45) is 5.92 Å². The summed E-state index contributed by atoms with van der Waals surface area (Å²) < 4.78 is 60.9. The molecule has 2 aromatic carbocycles. The lowest BCUT2D eigenvalue weighted by Gasteiger charge is -2.26. The summed E-state index contributed by atoms with van der Waals surface area (Å²) in [7, 11) is 5.61. The molecule has 0 radical (unpaired) electrons. The molecule has 0 spiro atoms. The van der Waals surface area contributed by atoms with Crippen LogP contribution in [-0.2, 0) is 15.8 Å². The Morgan fingerprint density at radius 2 is 2.00 bits per heavy atom. The van der Waals surface area contributed by atoms with Crippen LogP contribution in [0.4, 0.5) is 46.3 Å². The number of hydrogen-bond acceptors (Lipinski definition) is 9. The zero-order valence-electron chi connectivity index (χ0n) is 25.2. The van der Waals surface area contributed by atoms with Gasteiger partial charge in [-0.1, -0.05) is 18.7 Å². The van der Waals surface area contributed by atoms with Crippen molar-refractivity contribution >= 4 is 34.6 Å². The molecule has 0 unspecified atom stereocenters. The van der Waals surface area contributed by atoms with Gasteiger partial charge >= 0.3 is 6.18 Å². The molecule has 2 saturated heterocycles. The number of nitrogens with zero attached hydrogens (tertiary/aromatic N) is 5. The largest absolute Gasteiger partial charge is 0.494 e. The molecular weight excluding hydrogens is 594 g/mol. The molecule has 1 aromatic heterocycles. The Bertz CT molecular complexity index is 1550. The summed E-state index contributed by atoms with van der Waals surface area (Å²) in [5.41, 5.74) is 0.343. The number of methoxy groups -OCH3 is 1. The molecule has 14 heteroatoms. The number of amides is 1. The lowest BCUT2D eigenvalue weighted by Crippen LogP contribution is -2.26. The van der Waals surface area contributed by atoms with Gasteiger partial charge in [0.2, 0.25) is 5.91 Å². The van der Waals surface area contributed by atoms with Crippen LogP contribution in [0.2, 0.25) is 0 Å². The summed E-state index contributed by atoms with van der Waals surface area (Å²) in [5, 5.41) is 7.36. The number of carbonyl (C=O) groups excluding carboxylic acids is 1. The molecule has 0 saturated carbocycles. The van der Waals surface area contributed by atoms with Crippen molar-refractivity contribution in [3.63, 3.8) is 0 Å². The first-order valence-electron chi connectivity index (χ1n) is 14.4. The van der Waals surface area contributed by atoms with Crippen LogP contribution in [0.25, 0.3) is 0 Å². The molecule has 2 fully saturated rings. The van der Waals surface area contributed by atoms with Crippen molar-refractivity contribution < 1.29 is 31.9 Å². The topological polar surface area (TPSA) is 95.1 Å². The maximum absolute atomic E-state index is 15.0. The van der Waals surface area contributed by atoms with Gasteiger partial charge in [-0.2, -0.15) is 13.2 Å². The van der Waals surface area contributed by atoms with Crippen LogP contribution < -0.4 is 25.3 Å². The Morgan fingerprint density at radius 1 is 1.20 bits per heavy atom. The van der Waals surface area contributed by atoms with E-state index >= 15 is 4.39 Å². The lowest BCUT2D eigenvalue weighted by molar-refractivity contribution is -0.140. The predicted molar refractivity (Wildman–Crippen MR) is 163 cm³/mol. The van der Waals surface area contributed by atoms with Gasteiger partial charge in [0, 0.05) is 43.8 Å². The summed E-state index contributed by atoms with van der Waals surface area (Å²) >= 11 is 0. The van der Waals surface area contributed by atoms with Crippen LogP contribution in [0.1, 0.15) is 30.0 Å². The van der Waals surface area contributed by atoms with Crippen LogP contribution >= 0.6 is 0 Å². The van der Waals surface area contributed by atoms with Crippen molar-refractivity contribution in [3.8, 4) is 5.75 Å². The zero-order chi connectivity index (χ0) is 32.3. The molecule has 1 amide bonds. The van der Waals surface area contributed by atoms with Gasteiger partial charge in [-0.3, -0.25) is 9.63 Å². The van der Waals surface area contributed by atoms with Gasteiger partial charge in [-0.15, -0.1) is 0 Å². The van der Waals surface area contributed by atoms with E-state index in [0.717, 1.165) is 31.7 Å². The standard InChI is InChI=1S/C31H35F4N7O3/c1-5-29(43)39-22-13-23(26(44-4)14-25(22)41-11-9-19(17-41)16-40(2)3)38-27-15-28(37-18-36-27)42-24(10-12-45-42)20-7-6-8-21(30(20)32)31(33,34)35/h5-8,13-15,18-19,24H,1,9-12,16-17H2,2-4H3,(H,39,43)(H,36,37,38)/t19-,24+/m0/s1. The van der Waals surface area contributed by atoms with Crippen molar-refractivity contribution in [2.75, 3.05) is 68.0 Å². The van der Waals surface area contributed by atoms with Crippen molar-refractivity contribution in [1.29, 1.82) is 0 Å². The third-order valence-corrected chi connectivity index (χ3v) is 7.75. The number of halogens is 4. The van der Waals surface area contributed by atoms with Gasteiger partial charge in [-0.05, 0) is 44.6 Å². The Morgan fingerprint density at radius 3 is 2.71 bits per heavy atom. The summed E-state index contributed by atoms with van der Waals surface area (Å²) in [4.78, 5) is 31.0. The van der Waals surface area contributed by atoms with E-state index in [0.29, 0.717) is 34.9 Å². The third kappa shape index (κ3) is 7.12. The number of anilines is 5. The van der Waals surface area contributed by atoms with Gasteiger partial charge in [0.25, 0.3) is 0 Å². The third-order valence-electron chi connectivity index (χ3n) is 7.75. The molecule has 2 aliphatic rings. The highest BCUT2D eigenvalue weighted by atomic mass is 19.4. The normalized spacial score (nSPS) is 18.4. The molecule has 2 aliphatic heterocycles. The zero-order valence-corrected chi connectivity index (χ0v) is 25.2. The number of hydroxylamine groups is 1. The number of aromatic nitrogens is 2. The van der Waals surface area contributed by atoms with Crippen LogP contribution in [-0.4, -0.2) is 68.2 Å². The molecule has 5 rings (SSSR count). The lowest BCUT2D eigenvalue weighted by atomic mass is 10.0. The van der Waals surface area contributed by atoms with Crippen molar-refractivity contribution in [2.45, 2.75) is 25.1 Å². The molecule has 0 aliphatic carbocycles. The Kier molecular flexibility index (Phi) is 9.44. The van der Waals surface area contributed by atoms with E-state index in [9.17, 15) is 18.0 Å². The van der Waals surface area contributed by atoms with Gasteiger partial charge in [-0.25, -0.2) is 19.4 Å². The minimum atomic E-state index is -4.84. The second-order valence-electron chi connectivity index (χ2n) is 11.2. The number of ether oxygens (including phenoxy) is 1. The van der Waals surface area contributed by atoms with Crippen molar-refractivity contribution in [3.05, 3.63) is 72.3 Å². The summed E-state index contributed by atoms with van der Waals surface area (Å²) in [6.07, 6.45) is -1.13. The number of benzene rings is 2. The summed E-state index contributed by atoms with van der Waals surface area (Å²) in [5.74, 6) is -0.251. The Hall–Kier alpha value is -4.43. The second kappa shape index (κ2) is 13.3. The van der Waals surface area contributed by atoms with E-state index < -0.39 is 23.6 Å². The van der Waals surface area contributed by atoms with Gasteiger partial charge in [0.05, 0.1) is 42.4 Å². The van der Waals surface area contributed by atoms with E-state index in [2.05, 4.69) is 37.0 Å². The van der Waals surface area contributed by atoms with Gasteiger partial charge in [0.15, 0.2) is 5.82 Å². The monoisotopic (exact) mass is 629 g/mol. The van der Waals surface area contributed by atoms with Gasteiger partial charge < -0.3 is 25.2 Å². The highest BCUT2D eigenvalue weighted by Crippen LogP contribution is 2.42. The number of nitrogens with one attached hydrogen (secondary N) is 2. The number of alkyl halides is 3. The SMILES string of the molecule is C=CC(=O)Nc1cc(Nc2cc(N3OCC[C@@H]3c3cccc(C(F)(F)F)c3F)ncn2)c(OC)cc1N1CC[C@@H](CN(C)C)C1. The Balaban J connectivity index is 1.44. The first-order chi connectivity index (χ1) is 21.5. The van der Waals surface area contributed by atoms with E-state index in [1.165, 1.54) is 42.8 Å². The smallest absolute Gasteiger partial charge is 0.419 e. The van der Waals surface area contributed by atoms with E-state index in [1.54, 1.807) is 6.07 Å². The minimum Gasteiger partial charge on any atom is -0.494 e. The molecule has 0 bridgehead atoms. The number of rotatable bonds is 10. The highest BCUT2D eigenvalue weighted by molar-refractivity contribution is 6.02. The molecule has 2 N–H and O–H groups in total. The predicted octanol–water partition coefficient (Wildman–Crippen LogP) is 5.78. The number of hydrogen-bond donors (Lipinski definition) is 2. The Labute approximate surface area is 258 Å². The average molecular weight is 630 g/mol. The quantitative estimate of drug-likeness (QED) is 0.214.